The molecule has 8 nitrogen and oxygen atoms in total. The number of rotatable bonds is 9. The third-order valence-electron chi connectivity index (χ3n) is 6.21. The van der Waals surface area contributed by atoms with E-state index in [-0.39, 0.29) is 17.4 Å². The van der Waals surface area contributed by atoms with E-state index in [4.69, 9.17) is 0 Å². The molecule has 1 atom stereocenters. The Labute approximate surface area is 199 Å². The zero-order valence-electron chi connectivity index (χ0n) is 18.8. The molecule has 1 aliphatic carbocycles. The quantitative estimate of drug-likeness (QED) is 0.394. The first-order chi connectivity index (χ1) is 16.5. The third-order valence-corrected chi connectivity index (χ3v) is 6.21. The Balaban J connectivity index is 2.13. The van der Waals surface area contributed by atoms with Crippen LogP contribution in [0.15, 0.2) is 54.6 Å². The van der Waals surface area contributed by atoms with Crippen LogP contribution >= 0.6 is 0 Å². The summed E-state index contributed by atoms with van der Waals surface area (Å²) in [7, 11) is 0. The average Bonchev–Trinajstić information content (AvgIpc) is 2.83. The van der Waals surface area contributed by atoms with E-state index in [0.29, 0.717) is 18.4 Å². The molecule has 0 aliphatic heterocycles. The maximum absolute atomic E-state index is 13.3. The zero-order valence-corrected chi connectivity index (χ0v) is 18.8. The van der Waals surface area contributed by atoms with Gasteiger partial charge in [0.2, 0.25) is 0 Å². The summed E-state index contributed by atoms with van der Waals surface area (Å²) in [6.07, 6.45) is -2.09. The molecule has 11 heteroatoms. The number of anilines is 1. The molecule has 0 aromatic heterocycles. The molecule has 0 saturated heterocycles. The van der Waals surface area contributed by atoms with Crippen LogP contribution in [-0.2, 0) is 16.0 Å². The maximum Gasteiger partial charge on any atom is 0.471 e. The van der Waals surface area contributed by atoms with Gasteiger partial charge in [0.1, 0.15) is 5.69 Å². The molecule has 0 bridgehead atoms. The molecular weight excluding hydrogens is 467 g/mol. The lowest BCUT2D eigenvalue weighted by Gasteiger charge is -2.42. The van der Waals surface area contributed by atoms with Gasteiger partial charge in [-0.15, -0.1) is 0 Å². The number of carboxylic acids is 1. The van der Waals surface area contributed by atoms with Crippen molar-refractivity contribution in [3.05, 3.63) is 70.3 Å². The number of carbonyl (C=O) groups is 2. The van der Waals surface area contributed by atoms with E-state index >= 15 is 0 Å². The fourth-order valence-electron chi connectivity index (χ4n) is 4.52. The number of nitro benzene ring substituents is 1. The summed E-state index contributed by atoms with van der Waals surface area (Å²) in [5.41, 5.74) is -2.21. The van der Waals surface area contributed by atoms with Gasteiger partial charge in [0.15, 0.2) is 5.54 Å². The van der Waals surface area contributed by atoms with Crippen molar-refractivity contribution in [1.29, 1.82) is 0 Å². The van der Waals surface area contributed by atoms with Crippen LogP contribution < -0.4 is 10.2 Å². The summed E-state index contributed by atoms with van der Waals surface area (Å²) in [4.78, 5) is 37.3. The fourth-order valence-corrected chi connectivity index (χ4v) is 4.52. The molecule has 188 valence electrons. The summed E-state index contributed by atoms with van der Waals surface area (Å²) in [6, 6.07) is 13.4. The van der Waals surface area contributed by atoms with Gasteiger partial charge < -0.3 is 15.3 Å². The molecule has 3 rings (SSSR count). The van der Waals surface area contributed by atoms with Crippen molar-refractivity contribution in [2.24, 2.45) is 0 Å². The van der Waals surface area contributed by atoms with Crippen LogP contribution in [0.2, 0.25) is 0 Å². The Morgan fingerprint density at radius 3 is 2.20 bits per heavy atom. The molecule has 2 aromatic carbocycles. The Bertz CT molecular complexity index is 1060. The van der Waals surface area contributed by atoms with Crippen LogP contribution in [0, 0.1) is 10.1 Å². The number of carboxylic acid groups (broad SMARTS) is 1. The number of nitrogens with zero attached hydrogens (tertiary/aromatic N) is 2. The standard InChI is InChI=1S/C24H26F3N3O5/c25-24(26,27)21(31)28-23(22(32)33,15-17-9-3-1-4-10-17)16-29(18-11-5-2-6-12-18)19-13-7-8-14-20(19)30(34)35/h1,3-4,7-10,13-14,18H,2,5-6,11-12,15-16H2,(H,28,31)(H,32,33)/t23-/m1/s1. The van der Waals surface area contributed by atoms with Crippen LogP contribution in [-0.4, -0.2) is 46.2 Å². The van der Waals surface area contributed by atoms with Crippen molar-refractivity contribution in [3.63, 3.8) is 0 Å². The van der Waals surface area contributed by atoms with Crippen molar-refractivity contribution in [3.8, 4) is 0 Å². The van der Waals surface area contributed by atoms with Crippen LogP contribution in [0.4, 0.5) is 24.5 Å². The molecule has 0 heterocycles. The normalized spacial score (nSPS) is 16.2. The maximum atomic E-state index is 13.3. The molecule has 1 fully saturated rings. The number of halogens is 3. The summed E-state index contributed by atoms with van der Waals surface area (Å²) in [5.74, 6) is -4.06. The Morgan fingerprint density at radius 1 is 1.03 bits per heavy atom. The lowest BCUT2D eigenvalue weighted by molar-refractivity contribution is -0.384. The highest BCUT2D eigenvalue weighted by atomic mass is 19.4. The number of alkyl halides is 3. The van der Waals surface area contributed by atoms with Gasteiger partial charge in [0.25, 0.3) is 5.69 Å². The zero-order chi connectivity index (χ0) is 25.6. The number of para-hydroxylation sites is 2. The highest BCUT2D eigenvalue weighted by molar-refractivity contribution is 5.90. The number of carbonyl (C=O) groups excluding carboxylic acids is 1. The highest BCUT2D eigenvalue weighted by Gasteiger charge is 2.49. The third kappa shape index (κ3) is 6.28. The summed E-state index contributed by atoms with van der Waals surface area (Å²) in [5, 5.41) is 23.7. The van der Waals surface area contributed by atoms with Crippen molar-refractivity contribution < 1.29 is 32.8 Å². The van der Waals surface area contributed by atoms with E-state index in [1.165, 1.54) is 23.1 Å². The summed E-state index contributed by atoms with van der Waals surface area (Å²) >= 11 is 0. The van der Waals surface area contributed by atoms with Crippen molar-refractivity contribution >= 4 is 23.3 Å². The molecule has 1 saturated carbocycles. The molecular formula is C24H26F3N3O5. The molecule has 35 heavy (non-hydrogen) atoms. The predicted molar refractivity (Wildman–Crippen MR) is 122 cm³/mol. The van der Waals surface area contributed by atoms with Gasteiger partial charge in [-0.05, 0) is 24.5 Å². The van der Waals surface area contributed by atoms with Gasteiger partial charge in [0.05, 0.1) is 11.5 Å². The van der Waals surface area contributed by atoms with Gasteiger partial charge >= 0.3 is 18.1 Å². The summed E-state index contributed by atoms with van der Waals surface area (Å²) in [6.45, 7) is -0.589. The average molecular weight is 493 g/mol. The Morgan fingerprint density at radius 2 is 1.63 bits per heavy atom. The van der Waals surface area contributed by atoms with Crippen molar-refractivity contribution in [2.75, 3.05) is 11.4 Å². The largest absolute Gasteiger partial charge is 0.479 e. The Hall–Kier alpha value is -3.63. The van der Waals surface area contributed by atoms with Crippen molar-refractivity contribution in [1.82, 2.24) is 5.32 Å². The first kappa shape index (κ1) is 26.0. The first-order valence-electron chi connectivity index (χ1n) is 11.2. The second-order valence-corrected chi connectivity index (χ2v) is 8.67. The van der Waals surface area contributed by atoms with E-state index in [9.17, 15) is 38.0 Å². The van der Waals surface area contributed by atoms with Crippen molar-refractivity contribution in [2.45, 2.75) is 56.3 Å². The molecule has 2 aromatic rings. The Kier molecular flexibility index (Phi) is 7.98. The number of hydrogen-bond donors (Lipinski definition) is 2. The number of amides is 1. The van der Waals surface area contributed by atoms with Gasteiger partial charge in [-0.1, -0.05) is 61.7 Å². The minimum absolute atomic E-state index is 0.101. The fraction of sp³-hybridized carbons (Fsp3) is 0.417. The lowest BCUT2D eigenvalue weighted by atomic mass is 9.87. The van der Waals surface area contributed by atoms with Crippen LogP contribution in [0.5, 0.6) is 0 Å². The summed E-state index contributed by atoms with van der Waals surface area (Å²) < 4.78 is 39.8. The SMILES string of the molecule is O=C(N[C@](Cc1ccccc1)(CN(c1ccccc1[N+](=O)[O-])C1CCCCC1)C(=O)O)C(F)(F)F. The monoisotopic (exact) mass is 493 g/mol. The topological polar surface area (TPSA) is 113 Å². The molecule has 2 N–H and O–H groups in total. The minimum Gasteiger partial charge on any atom is -0.479 e. The van der Waals surface area contributed by atoms with Gasteiger partial charge in [-0.25, -0.2) is 4.79 Å². The van der Waals surface area contributed by atoms with Gasteiger partial charge in [0, 0.05) is 18.5 Å². The first-order valence-corrected chi connectivity index (χ1v) is 11.2. The molecule has 1 amide bonds. The molecule has 0 unspecified atom stereocenters. The number of nitro groups is 1. The van der Waals surface area contributed by atoms with Gasteiger partial charge in [-0.2, -0.15) is 13.2 Å². The second kappa shape index (κ2) is 10.7. The van der Waals surface area contributed by atoms with E-state index in [1.54, 1.807) is 41.7 Å². The minimum atomic E-state index is -5.31. The molecule has 1 aliphatic rings. The van der Waals surface area contributed by atoms with E-state index in [0.717, 1.165) is 19.3 Å². The van der Waals surface area contributed by atoms with E-state index < -0.39 is 41.5 Å². The highest BCUT2D eigenvalue weighted by Crippen LogP contribution is 2.35. The van der Waals surface area contributed by atoms with Crippen LogP contribution in [0.25, 0.3) is 0 Å². The smallest absolute Gasteiger partial charge is 0.471 e. The van der Waals surface area contributed by atoms with Crippen LogP contribution in [0.3, 0.4) is 0 Å². The van der Waals surface area contributed by atoms with E-state index in [1.807, 2.05) is 0 Å². The predicted octanol–water partition coefficient (Wildman–Crippen LogP) is 4.48. The number of nitrogens with one attached hydrogen (secondary N) is 1. The second-order valence-electron chi connectivity index (χ2n) is 8.67. The van der Waals surface area contributed by atoms with E-state index in [2.05, 4.69) is 0 Å². The molecule has 0 radical (unpaired) electrons. The van der Waals surface area contributed by atoms with Gasteiger partial charge in [-0.3, -0.25) is 14.9 Å². The van der Waals surface area contributed by atoms with Crippen LogP contribution in [0.1, 0.15) is 37.7 Å². The number of hydrogen-bond acceptors (Lipinski definition) is 5. The number of aliphatic carboxylic acids is 1. The number of benzene rings is 2. The molecule has 0 spiro atoms. The lowest BCUT2D eigenvalue weighted by Crippen LogP contribution is -2.65.